The summed E-state index contributed by atoms with van der Waals surface area (Å²) < 4.78 is 46.1. The maximum absolute atomic E-state index is 13.2. The molecule has 200 valence electrons. The number of likely N-dealkylation sites (tertiary alicyclic amines) is 2. The van der Waals surface area contributed by atoms with E-state index in [1.54, 1.807) is 11.0 Å². The first kappa shape index (κ1) is 25.4. The lowest BCUT2D eigenvalue weighted by atomic mass is 9.83. The lowest BCUT2D eigenvalue weighted by Crippen LogP contribution is -2.43. The van der Waals surface area contributed by atoms with Gasteiger partial charge in [0.05, 0.1) is 6.04 Å². The van der Waals surface area contributed by atoms with Crippen molar-refractivity contribution in [3.63, 3.8) is 0 Å². The van der Waals surface area contributed by atoms with Crippen LogP contribution < -0.4 is 10.1 Å². The first-order valence-corrected chi connectivity index (χ1v) is 12.7. The molecule has 1 N–H and O–H groups in total. The Balaban J connectivity index is 1.10. The minimum Gasteiger partial charge on any atom is -0.444 e. The molecule has 1 saturated carbocycles. The molecule has 5 atom stereocenters. The summed E-state index contributed by atoms with van der Waals surface area (Å²) in [6, 6.07) is 5.36. The number of ether oxygens (including phenoxy) is 2. The molecule has 1 aromatic rings. The molecule has 37 heavy (non-hydrogen) atoms. The summed E-state index contributed by atoms with van der Waals surface area (Å²) in [7, 11) is 0. The van der Waals surface area contributed by atoms with E-state index in [1.165, 1.54) is 30.3 Å². The molecule has 3 unspecified atom stereocenters. The smallest absolute Gasteiger partial charge is 0.444 e. The van der Waals surface area contributed by atoms with Gasteiger partial charge >= 0.3 is 12.5 Å². The summed E-state index contributed by atoms with van der Waals surface area (Å²) in [6.45, 7) is 2.58. The quantitative estimate of drug-likeness (QED) is 0.613. The van der Waals surface area contributed by atoms with Gasteiger partial charge < -0.3 is 24.6 Å². The van der Waals surface area contributed by atoms with Crippen LogP contribution in [-0.4, -0.2) is 72.4 Å². The highest BCUT2D eigenvalue weighted by atomic mass is 19.4. The van der Waals surface area contributed by atoms with Crippen LogP contribution in [0.2, 0.25) is 0 Å². The molecule has 11 heteroatoms. The summed E-state index contributed by atoms with van der Waals surface area (Å²) >= 11 is 0. The third-order valence-corrected chi connectivity index (χ3v) is 7.97. The van der Waals surface area contributed by atoms with Crippen LogP contribution in [0.5, 0.6) is 5.75 Å². The zero-order chi connectivity index (χ0) is 26.2. The van der Waals surface area contributed by atoms with Crippen LogP contribution in [0.4, 0.5) is 18.0 Å². The largest absolute Gasteiger partial charge is 0.573 e. The van der Waals surface area contributed by atoms with Crippen LogP contribution in [0.3, 0.4) is 0 Å². The highest BCUT2D eigenvalue weighted by Gasteiger charge is 2.44. The normalized spacial score (nSPS) is 29.8. The molecule has 4 fully saturated rings. The fourth-order valence-corrected chi connectivity index (χ4v) is 6.03. The Morgan fingerprint density at radius 3 is 2.32 bits per heavy atom. The maximum Gasteiger partial charge on any atom is 0.573 e. The number of amides is 3. The summed E-state index contributed by atoms with van der Waals surface area (Å²) in [5, 5.41) is 2.81. The Bertz CT molecular complexity index is 1040. The zero-order valence-corrected chi connectivity index (χ0v) is 20.3. The highest BCUT2D eigenvalue weighted by Crippen LogP contribution is 2.36. The van der Waals surface area contributed by atoms with Crippen molar-refractivity contribution in [2.24, 2.45) is 17.8 Å². The number of nitrogens with zero attached hydrogens (tertiary/aromatic N) is 2. The van der Waals surface area contributed by atoms with Gasteiger partial charge in [-0.05, 0) is 67.7 Å². The van der Waals surface area contributed by atoms with Crippen molar-refractivity contribution in [3.05, 3.63) is 35.9 Å². The van der Waals surface area contributed by atoms with Crippen molar-refractivity contribution < 1.29 is 37.0 Å². The van der Waals surface area contributed by atoms with Gasteiger partial charge in [0, 0.05) is 38.2 Å². The standard InChI is InChI=1S/C26H30F3N3O5/c27-26(28,29)37-20-5-1-16(2-6-20)3-8-23(33)31-11-9-18-14-32(15-19(18)10-12-31)24(34)17-4-7-21-22(13-17)36-25(35)30-21/h1-3,5-6,8,17-19,21-22H,4,7,9-15H2,(H,30,35)/t17?,18-,19+,21?,22?. The molecule has 0 radical (unpaired) electrons. The number of carbonyl (C=O) groups is 3. The van der Waals surface area contributed by atoms with E-state index in [1.807, 2.05) is 4.90 Å². The van der Waals surface area contributed by atoms with E-state index in [9.17, 15) is 27.6 Å². The minimum atomic E-state index is -4.74. The van der Waals surface area contributed by atoms with E-state index in [0.29, 0.717) is 50.0 Å². The zero-order valence-electron chi connectivity index (χ0n) is 20.3. The number of hydrogen-bond donors (Lipinski definition) is 1. The maximum atomic E-state index is 13.2. The number of fused-ring (bicyclic) bond motifs is 2. The summed E-state index contributed by atoms with van der Waals surface area (Å²) in [5.74, 6) is 0.267. The third kappa shape index (κ3) is 6.02. The topological polar surface area (TPSA) is 88.2 Å². The molecule has 1 aromatic carbocycles. The molecule has 5 rings (SSSR count). The van der Waals surface area contributed by atoms with Crippen molar-refractivity contribution in [1.29, 1.82) is 0 Å². The summed E-state index contributed by atoms with van der Waals surface area (Å²) in [5.41, 5.74) is 0.598. The molecule has 8 nitrogen and oxygen atoms in total. The Morgan fingerprint density at radius 1 is 1.00 bits per heavy atom. The third-order valence-electron chi connectivity index (χ3n) is 7.97. The van der Waals surface area contributed by atoms with Crippen LogP contribution in [0.1, 0.15) is 37.7 Å². The number of alkyl halides is 3. The van der Waals surface area contributed by atoms with E-state index >= 15 is 0 Å². The lowest BCUT2D eigenvalue weighted by molar-refractivity contribution is -0.274. The van der Waals surface area contributed by atoms with E-state index in [4.69, 9.17) is 4.74 Å². The number of hydrogen-bond acceptors (Lipinski definition) is 5. The number of alkyl carbamates (subject to hydrolysis) is 1. The Labute approximate surface area is 212 Å². The van der Waals surface area contributed by atoms with Crippen LogP contribution >= 0.6 is 0 Å². The number of halogens is 3. The summed E-state index contributed by atoms with van der Waals surface area (Å²) in [6.07, 6.45) is 1.37. The summed E-state index contributed by atoms with van der Waals surface area (Å²) in [4.78, 5) is 41.2. The number of carbonyl (C=O) groups excluding carboxylic acids is 3. The van der Waals surface area contributed by atoms with Gasteiger partial charge in [-0.2, -0.15) is 0 Å². The second-order valence-corrected chi connectivity index (χ2v) is 10.3. The molecule has 3 aliphatic heterocycles. The highest BCUT2D eigenvalue weighted by molar-refractivity contribution is 5.91. The average Bonchev–Trinajstić information content (AvgIpc) is 3.37. The van der Waals surface area contributed by atoms with Gasteiger partial charge in [0.25, 0.3) is 0 Å². The molecular formula is C26H30F3N3O5. The number of rotatable bonds is 4. The molecular weight excluding hydrogens is 491 g/mol. The number of benzene rings is 1. The SMILES string of the molecule is O=C1NC2CCC(C(=O)N3C[C@H]4CCN(C(=O)C=Cc5ccc(OC(F)(F)F)cc5)CC[C@H]4C3)CC2O1. The van der Waals surface area contributed by atoms with Gasteiger partial charge in [-0.15, -0.1) is 13.2 Å². The second-order valence-electron chi connectivity index (χ2n) is 10.3. The number of nitrogens with one attached hydrogen (secondary N) is 1. The van der Waals surface area contributed by atoms with Crippen LogP contribution in [0.25, 0.3) is 6.08 Å². The molecule has 3 saturated heterocycles. The molecule has 0 spiro atoms. The predicted molar refractivity (Wildman–Crippen MR) is 126 cm³/mol. The van der Waals surface area contributed by atoms with Gasteiger partial charge in [-0.3, -0.25) is 9.59 Å². The van der Waals surface area contributed by atoms with E-state index in [2.05, 4.69) is 10.1 Å². The fourth-order valence-electron chi connectivity index (χ4n) is 6.03. The predicted octanol–water partition coefficient (Wildman–Crippen LogP) is 3.57. The average molecular weight is 522 g/mol. The van der Waals surface area contributed by atoms with Gasteiger partial charge in [0.15, 0.2) is 0 Å². The van der Waals surface area contributed by atoms with E-state index < -0.39 is 12.5 Å². The van der Waals surface area contributed by atoms with E-state index in [-0.39, 0.29) is 35.6 Å². The van der Waals surface area contributed by atoms with Gasteiger partial charge in [0.1, 0.15) is 11.9 Å². The molecule has 3 amide bonds. The molecule has 3 heterocycles. The monoisotopic (exact) mass is 521 g/mol. The van der Waals surface area contributed by atoms with Crippen molar-refractivity contribution >= 4 is 24.0 Å². The molecule has 0 bridgehead atoms. The fraction of sp³-hybridized carbons (Fsp3) is 0.577. The van der Waals surface area contributed by atoms with Crippen molar-refractivity contribution in [2.75, 3.05) is 26.2 Å². The Morgan fingerprint density at radius 2 is 1.68 bits per heavy atom. The molecule has 1 aliphatic carbocycles. The Kier molecular flexibility index (Phi) is 7.04. The van der Waals surface area contributed by atoms with Crippen molar-refractivity contribution in [2.45, 2.75) is 50.6 Å². The first-order valence-electron chi connectivity index (χ1n) is 12.7. The van der Waals surface area contributed by atoms with Gasteiger partial charge in [-0.1, -0.05) is 12.1 Å². The van der Waals surface area contributed by atoms with Crippen LogP contribution in [-0.2, 0) is 14.3 Å². The van der Waals surface area contributed by atoms with Crippen LogP contribution in [0, 0.1) is 17.8 Å². The van der Waals surface area contributed by atoms with Crippen molar-refractivity contribution in [1.82, 2.24) is 15.1 Å². The van der Waals surface area contributed by atoms with Crippen molar-refractivity contribution in [3.8, 4) is 5.75 Å². The second kappa shape index (κ2) is 10.3. The lowest BCUT2D eigenvalue weighted by Gasteiger charge is -2.31. The van der Waals surface area contributed by atoms with Gasteiger partial charge in [-0.25, -0.2) is 4.79 Å². The van der Waals surface area contributed by atoms with Gasteiger partial charge in [0.2, 0.25) is 11.8 Å². The Hall–Kier alpha value is -3.24. The molecule has 4 aliphatic rings. The minimum absolute atomic E-state index is 0.0153. The molecule has 0 aromatic heterocycles. The van der Waals surface area contributed by atoms with E-state index in [0.717, 1.165) is 25.7 Å². The first-order chi connectivity index (χ1) is 17.6. The van der Waals surface area contributed by atoms with Crippen LogP contribution in [0.15, 0.2) is 30.3 Å².